The summed E-state index contributed by atoms with van der Waals surface area (Å²) in [5, 5.41) is 11.3. The van der Waals surface area contributed by atoms with Gasteiger partial charge >= 0.3 is 0 Å². The van der Waals surface area contributed by atoms with Crippen LogP contribution in [0.3, 0.4) is 0 Å². The zero-order chi connectivity index (χ0) is 33.1. The van der Waals surface area contributed by atoms with Crippen LogP contribution in [0, 0.1) is 5.92 Å². The third-order valence-corrected chi connectivity index (χ3v) is 8.26. The van der Waals surface area contributed by atoms with Gasteiger partial charge in [0.15, 0.2) is 0 Å². The maximum Gasteiger partial charge on any atom is 0.251 e. The highest BCUT2D eigenvalue weighted by Gasteiger charge is 2.30. The van der Waals surface area contributed by atoms with Crippen LogP contribution in [-0.4, -0.2) is 78.4 Å². The molecule has 0 saturated carbocycles. The predicted molar refractivity (Wildman–Crippen MR) is 173 cm³/mol. The molecule has 46 heavy (non-hydrogen) atoms. The average molecular weight is 634 g/mol. The number of nitrogens with one attached hydrogen (secondary N) is 4. The number of hydrogen-bond donors (Lipinski definition) is 4. The molecule has 3 heterocycles. The van der Waals surface area contributed by atoms with Gasteiger partial charge in [0.2, 0.25) is 17.7 Å². The second kappa shape index (κ2) is 16.9. The minimum Gasteiger partial charge on any atom is -0.368 e. The Balaban J connectivity index is 1.60. The van der Waals surface area contributed by atoms with Gasteiger partial charge in [-0.2, -0.15) is 0 Å². The van der Waals surface area contributed by atoms with Crippen molar-refractivity contribution in [3.8, 4) is 0 Å². The number of ether oxygens (including phenoxy) is 1. The molecule has 11 nitrogen and oxygen atoms in total. The van der Waals surface area contributed by atoms with E-state index in [-0.39, 0.29) is 24.2 Å². The van der Waals surface area contributed by atoms with E-state index in [4.69, 9.17) is 4.74 Å². The molecule has 4 N–H and O–H groups in total. The summed E-state index contributed by atoms with van der Waals surface area (Å²) in [5.74, 6) is -1.74. The molecule has 5 amide bonds. The summed E-state index contributed by atoms with van der Waals surface area (Å²) in [7, 11) is 0. The molecule has 248 valence electrons. The van der Waals surface area contributed by atoms with Crippen molar-refractivity contribution in [2.75, 3.05) is 19.7 Å². The summed E-state index contributed by atoms with van der Waals surface area (Å²) in [4.78, 5) is 68.4. The van der Waals surface area contributed by atoms with E-state index in [1.54, 1.807) is 24.0 Å². The fraction of sp³-hybridized carbons (Fsp3) is 0.514. The number of amides is 5. The molecule has 11 heteroatoms. The van der Waals surface area contributed by atoms with Gasteiger partial charge in [-0.25, -0.2) is 0 Å². The monoisotopic (exact) mass is 633 g/mol. The lowest BCUT2D eigenvalue weighted by atomic mass is 10.0. The molecule has 2 aromatic rings. The third kappa shape index (κ3) is 10.1. The van der Waals surface area contributed by atoms with Crippen LogP contribution in [0.15, 0.2) is 54.6 Å². The Morgan fingerprint density at radius 1 is 0.870 bits per heavy atom. The number of carbonyl (C=O) groups is 5. The fourth-order valence-corrected chi connectivity index (χ4v) is 5.67. The normalized spacial score (nSPS) is 24.0. The lowest BCUT2D eigenvalue weighted by Gasteiger charge is -2.26. The number of nitrogens with zero attached hydrogens (tertiary/aromatic N) is 1. The molecular formula is C35H47N5O6. The van der Waals surface area contributed by atoms with Gasteiger partial charge in [-0.15, -0.1) is 0 Å². The summed E-state index contributed by atoms with van der Waals surface area (Å²) in [6.45, 7) is 7.27. The van der Waals surface area contributed by atoms with E-state index in [0.717, 1.165) is 17.5 Å². The molecule has 0 radical (unpaired) electrons. The maximum atomic E-state index is 13.7. The van der Waals surface area contributed by atoms with Crippen molar-refractivity contribution in [3.63, 3.8) is 0 Å². The largest absolute Gasteiger partial charge is 0.368 e. The average Bonchev–Trinajstić information content (AvgIpc) is 3.58. The van der Waals surface area contributed by atoms with Crippen LogP contribution >= 0.6 is 0 Å². The first kappa shape index (κ1) is 34.6. The lowest BCUT2D eigenvalue weighted by Crippen LogP contribution is -2.57. The molecule has 0 aromatic heterocycles. The Kier molecular flexibility index (Phi) is 12.7. The van der Waals surface area contributed by atoms with Gasteiger partial charge in [0.1, 0.15) is 24.2 Å². The van der Waals surface area contributed by atoms with Gasteiger partial charge in [0.05, 0.1) is 0 Å². The minimum atomic E-state index is -0.966. The van der Waals surface area contributed by atoms with E-state index in [0.29, 0.717) is 57.5 Å². The highest BCUT2D eigenvalue weighted by atomic mass is 16.5. The zero-order valence-electron chi connectivity index (χ0n) is 27.1. The Bertz CT molecular complexity index is 1340. The van der Waals surface area contributed by atoms with Crippen molar-refractivity contribution < 1.29 is 28.7 Å². The van der Waals surface area contributed by atoms with E-state index in [1.165, 1.54) is 0 Å². The van der Waals surface area contributed by atoms with Crippen LogP contribution in [-0.2, 0) is 36.9 Å². The van der Waals surface area contributed by atoms with Crippen LogP contribution in [0.5, 0.6) is 0 Å². The van der Waals surface area contributed by atoms with Crippen molar-refractivity contribution in [1.29, 1.82) is 0 Å². The molecule has 1 saturated heterocycles. The highest BCUT2D eigenvalue weighted by molar-refractivity contribution is 5.99. The summed E-state index contributed by atoms with van der Waals surface area (Å²) in [6, 6.07) is 13.6. The Hall–Kier alpha value is -4.25. The molecule has 3 aliphatic rings. The number of carbonyl (C=O) groups excluding carboxylic acids is 5. The van der Waals surface area contributed by atoms with Gasteiger partial charge in [-0.05, 0) is 68.2 Å². The predicted octanol–water partition coefficient (Wildman–Crippen LogP) is 2.48. The smallest absolute Gasteiger partial charge is 0.251 e. The topological polar surface area (TPSA) is 146 Å². The van der Waals surface area contributed by atoms with Crippen LogP contribution in [0.2, 0.25) is 0 Å². The Morgan fingerprint density at radius 3 is 2.26 bits per heavy atom. The Labute approximate surface area is 271 Å². The number of rotatable bonds is 5. The molecule has 0 unspecified atom stereocenters. The first-order valence-electron chi connectivity index (χ1n) is 16.3. The fourth-order valence-electron chi connectivity index (χ4n) is 5.67. The summed E-state index contributed by atoms with van der Waals surface area (Å²) in [6.07, 6.45) is 2.92. The third-order valence-electron chi connectivity index (χ3n) is 8.26. The van der Waals surface area contributed by atoms with Crippen molar-refractivity contribution in [3.05, 3.63) is 71.3 Å². The molecule has 0 spiro atoms. The van der Waals surface area contributed by atoms with Gasteiger partial charge in [-0.1, -0.05) is 56.3 Å². The molecule has 2 bridgehead atoms. The zero-order valence-corrected chi connectivity index (χ0v) is 27.1. The van der Waals surface area contributed by atoms with E-state index in [1.807, 2.05) is 56.3 Å². The molecule has 4 atom stereocenters. The Morgan fingerprint density at radius 2 is 1.59 bits per heavy atom. The van der Waals surface area contributed by atoms with Gasteiger partial charge in [0.25, 0.3) is 11.8 Å². The lowest BCUT2D eigenvalue weighted by molar-refractivity contribution is -0.141. The standard InChI is InChI=1S/C35H47N5O6/c1-23(2)20-28-33(43)37-24(3)31(41)36-17-7-8-18-40(35(45)30-12-9-19-46-30)22-26-13-15-27(16-14-26)32(42)38-29(34(44)39-28)21-25-10-5-4-6-11-25/h4-6,10-11,13-16,23-24,28-30H,7-9,12,17-22H2,1-3H3,(H,36,41)(H,37,43)(H,38,42)(H,39,44)/t24-,28+,29-,30-/m1/s1. The van der Waals surface area contributed by atoms with E-state index >= 15 is 0 Å². The van der Waals surface area contributed by atoms with E-state index in [2.05, 4.69) is 21.3 Å². The highest BCUT2D eigenvalue weighted by Crippen LogP contribution is 2.18. The van der Waals surface area contributed by atoms with Crippen LogP contribution in [0.4, 0.5) is 0 Å². The molecule has 2 aromatic carbocycles. The molecular weight excluding hydrogens is 586 g/mol. The second-order valence-electron chi connectivity index (χ2n) is 12.6. The molecule has 5 rings (SSSR count). The number of hydrogen-bond acceptors (Lipinski definition) is 6. The quantitative estimate of drug-likeness (QED) is 0.373. The number of benzene rings is 2. The van der Waals surface area contributed by atoms with Gasteiger partial charge in [0, 0.05) is 38.2 Å². The van der Waals surface area contributed by atoms with Gasteiger partial charge in [-0.3, -0.25) is 24.0 Å². The SMILES string of the molecule is CC(C)C[C@@H]1NC(=O)[C@@H](Cc2ccccc2)NC(=O)c2ccc(cc2)CN(C(=O)[C@H]2CCCO2)CCCCNC(=O)[C@@H](C)NC1=O. The first-order chi connectivity index (χ1) is 22.1. The summed E-state index contributed by atoms with van der Waals surface area (Å²) in [5.41, 5.74) is 2.07. The van der Waals surface area contributed by atoms with Crippen molar-refractivity contribution >= 4 is 29.5 Å². The second-order valence-corrected chi connectivity index (χ2v) is 12.6. The van der Waals surface area contributed by atoms with E-state index < -0.39 is 42.0 Å². The first-order valence-corrected chi connectivity index (χ1v) is 16.3. The minimum absolute atomic E-state index is 0.0659. The molecule has 0 aliphatic carbocycles. The van der Waals surface area contributed by atoms with Crippen LogP contribution in [0.25, 0.3) is 0 Å². The summed E-state index contributed by atoms with van der Waals surface area (Å²) < 4.78 is 5.67. The van der Waals surface area contributed by atoms with Crippen LogP contribution < -0.4 is 21.3 Å². The molecule has 1 fully saturated rings. The van der Waals surface area contributed by atoms with Crippen molar-refractivity contribution in [2.45, 2.75) is 90.1 Å². The van der Waals surface area contributed by atoms with E-state index in [9.17, 15) is 24.0 Å². The van der Waals surface area contributed by atoms with Crippen molar-refractivity contribution in [1.82, 2.24) is 26.2 Å². The van der Waals surface area contributed by atoms with Gasteiger partial charge < -0.3 is 30.9 Å². The maximum absolute atomic E-state index is 13.7. The number of fused-ring (bicyclic) bond motifs is 18. The molecule has 3 aliphatic heterocycles. The van der Waals surface area contributed by atoms with Crippen molar-refractivity contribution in [2.24, 2.45) is 5.92 Å². The summed E-state index contributed by atoms with van der Waals surface area (Å²) >= 11 is 0. The van der Waals surface area contributed by atoms with Crippen LogP contribution in [0.1, 0.15) is 74.4 Å².